The maximum Gasteiger partial charge on any atom is 0.305 e. The third-order valence-electron chi connectivity index (χ3n) is 2.31. The van der Waals surface area contributed by atoms with E-state index >= 15 is 0 Å². The Kier molecular flexibility index (Phi) is 5.81. The van der Waals surface area contributed by atoms with Gasteiger partial charge in [0.1, 0.15) is 5.75 Å². The average molecular weight is 266 g/mol. The zero-order chi connectivity index (χ0) is 14.3. The van der Waals surface area contributed by atoms with Crippen LogP contribution in [0.15, 0.2) is 24.3 Å². The predicted octanol–water partition coefficient (Wildman–Crippen LogP) is 1.22. The highest BCUT2D eigenvalue weighted by atomic mass is 16.5. The van der Waals surface area contributed by atoms with Crippen molar-refractivity contribution in [3.05, 3.63) is 24.3 Å². The summed E-state index contributed by atoms with van der Waals surface area (Å²) >= 11 is 0. The Morgan fingerprint density at radius 2 is 2.21 bits per heavy atom. The van der Waals surface area contributed by atoms with Gasteiger partial charge in [-0.2, -0.15) is 0 Å². The number of carboxylic acid groups (broad SMARTS) is 1. The predicted molar refractivity (Wildman–Crippen MR) is 71.1 cm³/mol. The van der Waals surface area contributed by atoms with E-state index in [0.29, 0.717) is 18.0 Å². The molecule has 1 amide bonds. The van der Waals surface area contributed by atoms with Crippen LogP contribution in [0, 0.1) is 0 Å². The van der Waals surface area contributed by atoms with Crippen LogP contribution in [0.2, 0.25) is 0 Å². The summed E-state index contributed by atoms with van der Waals surface area (Å²) in [5.74, 6) is -0.996. The van der Waals surface area contributed by atoms with Gasteiger partial charge in [-0.1, -0.05) is 13.0 Å². The molecule has 0 aliphatic heterocycles. The fourth-order valence-corrected chi connectivity index (χ4v) is 1.40. The standard InChI is InChI=1S/C13H18N2O4/c1-2-6-19-10-5-3-4-9(7-10)15-13(18)11(14)8-12(16)17/h3-5,7,11H,2,6,8,14H2,1H3,(H,15,18)(H,16,17). The van der Waals surface area contributed by atoms with E-state index in [9.17, 15) is 9.59 Å². The first kappa shape index (κ1) is 15.0. The van der Waals surface area contributed by atoms with Gasteiger partial charge in [-0.25, -0.2) is 0 Å². The van der Waals surface area contributed by atoms with Crippen LogP contribution >= 0.6 is 0 Å². The molecule has 6 nitrogen and oxygen atoms in total. The molecule has 0 saturated carbocycles. The summed E-state index contributed by atoms with van der Waals surface area (Å²) in [6, 6.07) is 5.80. The van der Waals surface area contributed by atoms with Gasteiger partial charge < -0.3 is 20.9 Å². The first-order valence-electron chi connectivity index (χ1n) is 6.04. The van der Waals surface area contributed by atoms with Gasteiger partial charge in [-0.15, -0.1) is 0 Å². The molecule has 1 unspecified atom stereocenters. The van der Waals surface area contributed by atoms with Gasteiger partial charge in [0, 0.05) is 11.8 Å². The Labute approximate surface area is 111 Å². The second-order valence-electron chi connectivity index (χ2n) is 4.07. The monoisotopic (exact) mass is 266 g/mol. The Bertz CT molecular complexity index is 448. The smallest absolute Gasteiger partial charge is 0.305 e. The lowest BCUT2D eigenvalue weighted by atomic mass is 10.2. The lowest BCUT2D eigenvalue weighted by molar-refractivity contribution is -0.138. The van der Waals surface area contributed by atoms with E-state index in [2.05, 4.69) is 5.32 Å². The second-order valence-corrected chi connectivity index (χ2v) is 4.07. The Balaban J connectivity index is 2.61. The van der Waals surface area contributed by atoms with E-state index in [1.165, 1.54) is 0 Å². The summed E-state index contributed by atoms with van der Waals surface area (Å²) in [4.78, 5) is 22.1. The van der Waals surface area contributed by atoms with Crippen LogP contribution < -0.4 is 15.8 Å². The van der Waals surface area contributed by atoms with Gasteiger partial charge >= 0.3 is 5.97 Å². The molecular weight excluding hydrogens is 248 g/mol. The lowest BCUT2D eigenvalue weighted by Crippen LogP contribution is -2.37. The molecule has 0 bridgehead atoms. The summed E-state index contributed by atoms with van der Waals surface area (Å²) in [5.41, 5.74) is 5.99. The molecule has 1 aromatic carbocycles. The van der Waals surface area contributed by atoms with E-state index in [4.69, 9.17) is 15.6 Å². The third kappa shape index (κ3) is 5.39. The average Bonchev–Trinajstić information content (AvgIpc) is 2.36. The SMILES string of the molecule is CCCOc1cccc(NC(=O)C(N)CC(=O)O)c1. The highest BCUT2D eigenvalue weighted by Crippen LogP contribution is 2.17. The number of nitrogens with two attached hydrogens (primary N) is 1. The number of hydrogen-bond acceptors (Lipinski definition) is 4. The quantitative estimate of drug-likeness (QED) is 0.688. The van der Waals surface area contributed by atoms with Crippen LogP contribution in [0.25, 0.3) is 0 Å². The molecule has 19 heavy (non-hydrogen) atoms. The molecular formula is C13H18N2O4. The molecule has 6 heteroatoms. The third-order valence-corrected chi connectivity index (χ3v) is 2.31. The Morgan fingerprint density at radius 1 is 1.47 bits per heavy atom. The fourth-order valence-electron chi connectivity index (χ4n) is 1.40. The molecule has 0 heterocycles. The fraction of sp³-hybridized carbons (Fsp3) is 0.385. The summed E-state index contributed by atoms with van der Waals surface area (Å²) in [6.07, 6.45) is 0.484. The van der Waals surface area contributed by atoms with Crippen LogP contribution in [0.3, 0.4) is 0 Å². The van der Waals surface area contributed by atoms with Crippen LogP contribution in [-0.2, 0) is 9.59 Å². The van der Waals surface area contributed by atoms with Gasteiger partial charge in [-0.05, 0) is 18.6 Å². The van der Waals surface area contributed by atoms with Crippen molar-refractivity contribution in [2.75, 3.05) is 11.9 Å². The van der Waals surface area contributed by atoms with Gasteiger partial charge in [0.15, 0.2) is 0 Å². The highest BCUT2D eigenvalue weighted by Gasteiger charge is 2.17. The number of aliphatic carboxylic acids is 1. The van der Waals surface area contributed by atoms with Crippen molar-refractivity contribution >= 4 is 17.6 Å². The van der Waals surface area contributed by atoms with Crippen molar-refractivity contribution < 1.29 is 19.4 Å². The molecule has 0 aromatic heterocycles. The molecule has 0 fully saturated rings. The van der Waals surface area contributed by atoms with Crippen LogP contribution in [0.1, 0.15) is 19.8 Å². The number of hydrogen-bond donors (Lipinski definition) is 3. The zero-order valence-corrected chi connectivity index (χ0v) is 10.8. The first-order valence-corrected chi connectivity index (χ1v) is 6.04. The van der Waals surface area contributed by atoms with Crippen molar-refractivity contribution in [1.82, 2.24) is 0 Å². The normalized spacial score (nSPS) is 11.7. The zero-order valence-electron chi connectivity index (χ0n) is 10.8. The van der Waals surface area contributed by atoms with Crippen molar-refractivity contribution in [3.63, 3.8) is 0 Å². The maximum atomic E-state index is 11.6. The molecule has 4 N–H and O–H groups in total. The largest absolute Gasteiger partial charge is 0.494 e. The van der Waals surface area contributed by atoms with Gasteiger partial charge in [0.2, 0.25) is 5.91 Å². The van der Waals surface area contributed by atoms with E-state index in [-0.39, 0.29) is 0 Å². The Morgan fingerprint density at radius 3 is 2.84 bits per heavy atom. The molecule has 1 rings (SSSR count). The van der Waals surface area contributed by atoms with Crippen LogP contribution in [-0.4, -0.2) is 29.6 Å². The topological polar surface area (TPSA) is 102 Å². The molecule has 0 spiro atoms. The van der Waals surface area contributed by atoms with E-state index < -0.39 is 24.3 Å². The number of rotatable bonds is 7. The number of ether oxygens (including phenoxy) is 1. The molecule has 0 saturated heterocycles. The van der Waals surface area contributed by atoms with Gasteiger partial charge in [-0.3, -0.25) is 9.59 Å². The molecule has 104 valence electrons. The van der Waals surface area contributed by atoms with Crippen molar-refractivity contribution in [2.24, 2.45) is 5.73 Å². The van der Waals surface area contributed by atoms with E-state index in [1.807, 2.05) is 6.92 Å². The number of anilines is 1. The lowest BCUT2D eigenvalue weighted by Gasteiger charge is -2.11. The summed E-state index contributed by atoms with van der Waals surface area (Å²) < 4.78 is 5.43. The molecule has 0 aliphatic rings. The van der Waals surface area contributed by atoms with Crippen molar-refractivity contribution in [1.29, 1.82) is 0 Å². The molecule has 1 atom stereocenters. The minimum atomic E-state index is -1.11. The maximum absolute atomic E-state index is 11.6. The second kappa shape index (κ2) is 7.38. The van der Waals surface area contributed by atoms with Crippen molar-refractivity contribution in [3.8, 4) is 5.75 Å². The number of carbonyl (C=O) groups excluding carboxylic acids is 1. The van der Waals surface area contributed by atoms with Crippen LogP contribution in [0.4, 0.5) is 5.69 Å². The summed E-state index contributed by atoms with van der Waals surface area (Å²) in [6.45, 7) is 2.59. The number of carbonyl (C=O) groups is 2. The Hall–Kier alpha value is -2.08. The minimum absolute atomic E-state index is 0.405. The molecule has 0 aliphatic carbocycles. The van der Waals surface area contributed by atoms with E-state index in [1.54, 1.807) is 24.3 Å². The molecule has 1 aromatic rings. The van der Waals surface area contributed by atoms with Gasteiger partial charge in [0.25, 0.3) is 0 Å². The minimum Gasteiger partial charge on any atom is -0.494 e. The highest BCUT2D eigenvalue weighted by molar-refractivity contribution is 5.96. The number of carboxylic acids is 1. The van der Waals surface area contributed by atoms with Crippen LogP contribution in [0.5, 0.6) is 5.75 Å². The number of nitrogens with one attached hydrogen (secondary N) is 1. The summed E-state index contributed by atoms with van der Waals surface area (Å²) in [5, 5.41) is 11.1. The number of benzene rings is 1. The molecule has 0 radical (unpaired) electrons. The summed E-state index contributed by atoms with van der Waals surface area (Å²) in [7, 11) is 0. The van der Waals surface area contributed by atoms with Crippen molar-refractivity contribution in [2.45, 2.75) is 25.8 Å². The van der Waals surface area contributed by atoms with E-state index in [0.717, 1.165) is 6.42 Å². The van der Waals surface area contributed by atoms with Gasteiger partial charge in [0.05, 0.1) is 19.1 Å². The first-order chi connectivity index (χ1) is 9.02. The number of amides is 1.